The zero-order valence-electron chi connectivity index (χ0n) is 33.6. The van der Waals surface area contributed by atoms with Crippen LogP contribution in [-0.2, 0) is 0 Å². The van der Waals surface area contributed by atoms with Gasteiger partial charge in [-0.05, 0) is 107 Å². The molecule has 4 aliphatic heterocycles. The molecule has 12 aromatic rings. The lowest BCUT2D eigenvalue weighted by Gasteiger charge is -2.34. The largest absolute Gasteiger partial charge is 0.374 e. The zero-order chi connectivity index (χ0) is 39.2. The van der Waals surface area contributed by atoms with Crippen LogP contribution in [0, 0.1) is 27.7 Å². The summed E-state index contributed by atoms with van der Waals surface area (Å²) in [5.41, 5.74) is 29.5. The number of para-hydroxylation sites is 4. The molecule has 0 unspecified atom stereocenters. The van der Waals surface area contributed by atoms with E-state index < -0.39 is 0 Å². The van der Waals surface area contributed by atoms with Crippen LogP contribution in [0.2, 0.25) is 0 Å². The lowest BCUT2D eigenvalue weighted by atomic mass is 9.45. The summed E-state index contributed by atoms with van der Waals surface area (Å²) in [7, 11) is 0. The van der Waals surface area contributed by atoms with Gasteiger partial charge >= 0.3 is 13.7 Å². The smallest absolute Gasteiger partial charge is 0.333 e. The van der Waals surface area contributed by atoms with Gasteiger partial charge in [0.1, 0.15) is 0 Å². The van der Waals surface area contributed by atoms with Gasteiger partial charge in [-0.2, -0.15) is 0 Å². The molecule has 4 aliphatic rings. The van der Waals surface area contributed by atoms with Crippen molar-refractivity contribution in [2.45, 2.75) is 27.7 Å². The van der Waals surface area contributed by atoms with Gasteiger partial charge in [0.25, 0.3) is 0 Å². The SMILES string of the molecule is Cc1cc(C)c2c3ccc4c5c3n(c2c1)-c1ccccc1B5n1c2c-4cccc2c2c1c1cccc3c1n2B1c2ccccc2-n2c4cc(C)cc(C)c4c4ccc-3c1c42. The molecule has 0 fully saturated rings. The summed E-state index contributed by atoms with van der Waals surface area (Å²) >= 11 is 0. The number of rotatable bonds is 0. The number of nitrogens with zero attached hydrogens (tertiary/aromatic N) is 4. The molecule has 0 N–H and O–H groups in total. The van der Waals surface area contributed by atoms with E-state index in [1.807, 2.05) is 0 Å². The van der Waals surface area contributed by atoms with Gasteiger partial charge in [0.05, 0.1) is 33.1 Å². The molecular weight excluding hydrogens is 726 g/mol. The molecular formula is C54H34B2N4. The van der Waals surface area contributed by atoms with E-state index in [4.69, 9.17) is 0 Å². The van der Waals surface area contributed by atoms with E-state index in [0.717, 1.165) is 0 Å². The molecule has 0 spiro atoms. The van der Waals surface area contributed by atoms with Gasteiger partial charge in [0.2, 0.25) is 0 Å². The van der Waals surface area contributed by atoms with Gasteiger partial charge in [0.15, 0.2) is 0 Å². The number of fused-ring (bicyclic) bond motifs is 21. The first-order valence-corrected chi connectivity index (χ1v) is 21.4. The number of aryl methyl sites for hydroxylation is 4. The van der Waals surface area contributed by atoms with E-state index in [0.29, 0.717) is 0 Å². The van der Waals surface area contributed by atoms with Gasteiger partial charge in [-0.15, -0.1) is 0 Å². The molecule has 4 aromatic heterocycles. The van der Waals surface area contributed by atoms with Crippen LogP contribution in [0.25, 0.3) is 110 Å². The highest BCUT2D eigenvalue weighted by Crippen LogP contribution is 2.50. The maximum Gasteiger partial charge on any atom is 0.333 e. The van der Waals surface area contributed by atoms with Crippen LogP contribution < -0.4 is 21.9 Å². The van der Waals surface area contributed by atoms with Crippen molar-refractivity contribution in [2.75, 3.05) is 0 Å². The molecule has 0 amide bonds. The molecule has 0 atom stereocenters. The molecule has 0 aliphatic carbocycles. The highest BCUT2D eigenvalue weighted by molar-refractivity contribution is 6.92. The normalized spacial score (nSPS) is 13.9. The average Bonchev–Trinajstić information content (AvgIpc) is 3.99. The second kappa shape index (κ2) is 9.81. The van der Waals surface area contributed by atoms with Crippen molar-refractivity contribution < 1.29 is 0 Å². The van der Waals surface area contributed by atoms with Gasteiger partial charge in [-0.3, -0.25) is 0 Å². The van der Waals surface area contributed by atoms with Crippen molar-refractivity contribution in [1.29, 1.82) is 0 Å². The summed E-state index contributed by atoms with van der Waals surface area (Å²) in [4.78, 5) is 0. The number of aromatic nitrogens is 4. The van der Waals surface area contributed by atoms with Gasteiger partial charge in [-0.1, -0.05) is 109 Å². The van der Waals surface area contributed by atoms with E-state index in [1.165, 1.54) is 154 Å². The minimum Gasteiger partial charge on any atom is -0.374 e. The topological polar surface area (TPSA) is 19.7 Å². The zero-order valence-corrected chi connectivity index (χ0v) is 33.6. The highest BCUT2D eigenvalue weighted by Gasteiger charge is 2.46. The monoisotopic (exact) mass is 760 g/mol. The Hall–Kier alpha value is -7.17. The first-order chi connectivity index (χ1) is 29.5. The first kappa shape index (κ1) is 30.8. The van der Waals surface area contributed by atoms with Crippen LogP contribution in [0.4, 0.5) is 0 Å². The van der Waals surface area contributed by atoms with Gasteiger partial charge in [-0.25, -0.2) is 0 Å². The summed E-state index contributed by atoms with van der Waals surface area (Å²) in [6.45, 7) is 9.08. The Morgan fingerprint density at radius 1 is 0.367 bits per heavy atom. The molecule has 276 valence electrons. The fourth-order valence-electron chi connectivity index (χ4n) is 13.4. The Morgan fingerprint density at radius 3 is 1.28 bits per heavy atom. The molecule has 4 nitrogen and oxygen atoms in total. The molecule has 8 aromatic carbocycles. The molecule has 8 heterocycles. The van der Waals surface area contributed by atoms with Crippen molar-refractivity contribution in [2.24, 2.45) is 0 Å². The number of hydrogen-bond acceptors (Lipinski definition) is 0. The Morgan fingerprint density at radius 2 is 0.817 bits per heavy atom. The Labute approximate surface area is 345 Å². The third-order valence-electron chi connectivity index (χ3n) is 15.2. The standard InChI is InChI=1S/C54H34B2N4/c1-27-23-29(3)45-35-21-19-31-33-11-9-13-37-49(33)59(55-39-15-5-7-17-41(39)57(43(45)25-27)51(35)47(31)55)53-38-14-10-12-34-32-20-22-36-46-30(4)24-28(2)26-44(46)58-42-18-8-6-16-40(42)56(48(32)52(36)58)60(50(34)38)54(37)53/h5-26H,1-4H3. The summed E-state index contributed by atoms with van der Waals surface area (Å²) in [6.07, 6.45) is 0. The van der Waals surface area contributed by atoms with Crippen LogP contribution in [0.5, 0.6) is 0 Å². The van der Waals surface area contributed by atoms with Crippen molar-refractivity contribution in [3.63, 3.8) is 0 Å². The fourth-order valence-corrected chi connectivity index (χ4v) is 13.4. The van der Waals surface area contributed by atoms with Crippen molar-refractivity contribution in [3.05, 3.63) is 156 Å². The van der Waals surface area contributed by atoms with Crippen molar-refractivity contribution >= 4 is 112 Å². The van der Waals surface area contributed by atoms with Crippen molar-refractivity contribution in [3.8, 4) is 33.6 Å². The lowest BCUT2D eigenvalue weighted by molar-refractivity contribution is 1.17. The minimum absolute atomic E-state index is 0.0120. The average molecular weight is 761 g/mol. The van der Waals surface area contributed by atoms with E-state index in [1.54, 1.807) is 0 Å². The van der Waals surface area contributed by atoms with E-state index in [2.05, 4.69) is 179 Å². The fraction of sp³-hybridized carbons (Fsp3) is 0.0741. The lowest BCUT2D eigenvalue weighted by Crippen LogP contribution is -2.55. The number of hydrogen-bond donors (Lipinski definition) is 0. The summed E-state index contributed by atoms with van der Waals surface area (Å²) in [5.74, 6) is 0. The maximum atomic E-state index is 2.78. The van der Waals surface area contributed by atoms with Crippen molar-refractivity contribution in [1.82, 2.24) is 18.1 Å². The number of benzene rings is 8. The second-order valence-electron chi connectivity index (χ2n) is 18.2. The van der Waals surface area contributed by atoms with Crippen LogP contribution in [0.15, 0.2) is 133 Å². The Kier molecular flexibility index (Phi) is 5.04. The molecule has 60 heavy (non-hydrogen) atoms. The molecule has 6 heteroatoms. The Bertz CT molecular complexity index is 3860. The van der Waals surface area contributed by atoms with Crippen LogP contribution in [0.3, 0.4) is 0 Å². The molecule has 0 saturated heterocycles. The van der Waals surface area contributed by atoms with Crippen LogP contribution >= 0.6 is 0 Å². The summed E-state index contributed by atoms with van der Waals surface area (Å²) in [5, 5.41) is 8.09. The Balaban J connectivity index is 1.12. The molecule has 0 radical (unpaired) electrons. The molecule has 16 rings (SSSR count). The highest BCUT2D eigenvalue weighted by atomic mass is 15.1. The first-order valence-electron chi connectivity index (χ1n) is 21.4. The van der Waals surface area contributed by atoms with E-state index >= 15 is 0 Å². The van der Waals surface area contributed by atoms with Gasteiger partial charge < -0.3 is 18.1 Å². The minimum atomic E-state index is 0.0120. The van der Waals surface area contributed by atoms with E-state index in [9.17, 15) is 0 Å². The van der Waals surface area contributed by atoms with E-state index in [-0.39, 0.29) is 13.7 Å². The maximum absolute atomic E-state index is 2.78. The molecule has 0 bridgehead atoms. The quantitative estimate of drug-likeness (QED) is 0.137. The van der Waals surface area contributed by atoms with Crippen LogP contribution in [0.1, 0.15) is 22.3 Å². The predicted octanol–water partition coefficient (Wildman–Crippen LogP) is 10.1. The third-order valence-corrected chi connectivity index (χ3v) is 15.2. The molecule has 0 saturated carbocycles. The van der Waals surface area contributed by atoms with Gasteiger partial charge in [0, 0.05) is 65.9 Å². The third kappa shape index (κ3) is 3.13. The predicted molar refractivity (Wildman–Crippen MR) is 254 cm³/mol. The summed E-state index contributed by atoms with van der Waals surface area (Å²) in [6, 6.07) is 51.9. The van der Waals surface area contributed by atoms with Crippen LogP contribution in [-0.4, -0.2) is 31.8 Å². The summed E-state index contributed by atoms with van der Waals surface area (Å²) < 4.78 is 10.8. The second-order valence-corrected chi connectivity index (χ2v) is 18.2.